The predicted octanol–water partition coefficient (Wildman–Crippen LogP) is 3.13. The first-order valence-electron chi connectivity index (χ1n) is 7.12. The van der Waals surface area contributed by atoms with Crippen LogP contribution in [0.25, 0.3) is 10.9 Å². The normalized spacial score (nSPS) is 20.6. The smallest absolute Gasteiger partial charge is 0.0722 e. The third-order valence-electron chi connectivity index (χ3n) is 4.10. The van der Waals surface area contributed by atoms with Crippen LogP contribution in [-0.2, 0) is 0 Å². The Morgan fingerprint density at radius 3 is 3.05 bits per heavy atom. The standard InChI is InChI=1S/C16H21N3/c1-19-11-5-4-6-13(19)12-18-16-9-10-17-15-8-3-2-7-14(15)16/h2-3,7-10,13H,4-6,11-12H2,1H3,(H,17,18). The number of nitrogens with zero attached hydrogens (tertiary/aromatic N) is 2. The molecular formula is C16H21N3. The average molecular weight is 255 g/mol. The summed E-state index contributed by atoms with van der Waals surface area (Å²) in [5.41, 5.74) is 2.26. The SMILES string of the molecule is CN1CCCCC1CNc1ccnc2ccccc12. The number of hydrogen-bond acceptors (Lipinski definition) is 3. The lowest BCUT2D eigenvalue weighted by molar-refractivity contribution is 0.195. The zero-order valence-electron chi connectivity index (χ0n) is 11.5. The summed E-state index contributed by atoms with van der Waals surface area (Å²) >= 11 is 0. The molecule has 1 saturated heterocycles. The summed E-state index contributed by atoms with van der Waals surface area (Å²) in [6, 6.07) is 11.0. The molecule has 1 aliphatic heterocycles. The number of likely N-dealkylation sites (N-methyl/N-ethyl adjacent to an activating group) is 1. The third-order valence-corrected chi connectivity index (χ3v) is 4.10. The molecule has 1 aliphatic rings. The molecule has 3 nitrogen and oxygen atoms in total. The zero-order valence-corrected chi connectivity index (χ0v) is 11.5. The van der Waals surface area contributed by atoms with E-state index in [4.69, 9.17) is 0 Å². The number of aromatic nitrogens is 1. The Hall–Kier alpha value is -1.61. The lowest BCUT2D eigenvalue weighted by atomic mass is 10.0. The fraction of sp³-hybridized carbons (Fsp3) is 0.438. The molecule has 1 unspecified atom stereocenters. The zero-order chi connectivity index (χ0) is 13.1. The van der Waals surface area contributed by atoms with Gasteiger partial charge in [-0.25, -0.2) is 0 Å². The number of anilines is 1. The van der Waals surface area contributed by atoms with Crippen molar-refractivity contribution < 1.29 is 0 Å². The van der Waals surface area contributed by atoms with Crippen molar-refractivity contribution in [1.82, 2.24) is 9.88 Å². The second-order valence-corrected chi connectivity index (χ2v) is 5.39. The Morgan fingerprint density at radius 1 is 1.26 bits per heavy atom. The van der Waals surface area contributed by atoms with Crippen LogP contribution in [-0.4, -0.2) is 36.1 Å². The summed E-state index contributed by atoms with van der Waals surface area (Å²) in [4.78, 5) is 6.87. The number of fused-ring (bicyclic) bond motifs is 1. The fourth-order valence-electron chi connectivity index (χ4n) is 2.88. The van der Waals surface area contributed by atoms with Gasteiger partial charge in [-0.15, -0.1) is 0 Å². The number of hydrogen-bond donors (Lipinski definition) is 1. The van der Waals surface area contributed by atoms with E-state index in [-0.39, 0.29) is 0 Å². The van der Waals surface area contributed by atoms with Gasteiger partial charge in [-0.2, -0.15) is 0 Å². The van der Waals surface area contributed by atoms with Crippen molar-refractivity contribution in [2.75, 3.05) is 25.5 Å². The number of piperidine rings is 1. The monoisotopic (exact) mass is 255 g/mol. The number of benzene rings is 1. The molecule has 1 aromatic carbocycles. The summed E-state index contributed by atoms with van der Waals surface area (Å²) in [6.45, 7) is 2.24. The van der Waals surface area contributed by atoms with Gasteiger partial charge in [0.15, 0.2) is 0 Å². The minimum atomic E-state index is 0.653. The van der Waals surface area contributed by atoms with Gasteiger partial charge in [0.2, 0.25) is 0 Å². The largest absolute Gasteiger partial charge is 0.383 e. The number of likely N-dealkylation sites (tertiary alicyclic amines) is 1. The van der Waals surface area contributed by atoms with Crippen molar-refractivity contribution in [3.8, 4) is 0 Å². The van der Waals surface area contributed by atoms with Crippen LogP contribution in [0.2, 0.25) is 0 Å². The Labute approximate surface area is 114 Å². The summed E-state index contributed by atoms with van der Waals surface area (Å²) in [6.07, 6.45) is 5.88. The Bertz CT molecular complexity index is 547. The van der Waals surface area contributed by atoms with Crippen molar-refractivity contribution in [1.29, 1.82) is 0 Å². The van der Waals surface area contributed by atoms with Gasteiger partial charge in [-0.1, -0.05) is 24.6 Å². The van der Waals surface area contributed by atoms with E-state index in [1.807, 2.05) is 12.3 Å². The van der Waals surface area contributed by atoms with E-state index in [2.05, 4.69) is 46.5 Å². The number of nitrogens with one attached hydrogen (secondary N) is 1. The number of rotatable bonds is 3. The van der Waals surface area contributed by atoms with Gasteiger partial charge >= 0.3 is 0 Å². The van der Waals surface area contributed by atoms with Crippen LogP contribution in [0.3, 0.4) is 0 Å². The van der Waals surface area contributed by atoms with E-state index >= 15 is 0 Å². The maximum Gasteiger partial charge on any atom is 0.0722 e. The fourth-order valence-corrected chi connectivity index (χ4v) is 2.88. The number of para-hydroxylation sites is 1. The second kappa shape index (κ2) is 5.57. The molecule has 100 valence electrons. The number of pyridine rings is 1. The lowest BCUT2D eigenvalue weighted by Gasteiger charge is -2.32. The van der Waals surface area contributed by atoms with Crippen molar-refractivity contribution in [3.63, 3.8) is 0 Å². The van der Waals surface area contributed by atoms with Gasteiger partial charge in [-0.3, -0.25) is 4.98 Å². The first-order valence-corrected chi connectivity index (χ1v) is 7.12. The van der Waals surface area contributed by atoms with Gasteiger partial charge in [0, 0.05) is 29.9 Å². The molecule has 1 fully saturated rings. The third kappa shape index (κ3) is 2.71. The topological polar surface area (TPSA) is 28.2 Å². The van der Waals surface area contributed by atoms with Crippen molar-refractivity contribution in [2.45, 2.75) is 25.3 Å². The molecule has 0 spiro atoms. The molecule has 2 aromatic rings. The maximum absolute atomic E-state index is 4.40. The summed E-state index contributed by atoms with van der Waals surface area (Å²) < 4.78 is 0. The molecule has 0 aliphatic carbocycles. The minimum absolute atomic E-state index is 0.653. The summed E-state index contributed by atoms with van der Waals surface area (Å²) in [5, 5.41) is 4.82. The van der Waals surface area contributed by atoms with Crippen LogP contribution in [0, 0.1) is 0 Å². The van der Waals surface area contributed by atoms with E-state index in [0.29, 0.717) is 6.04 Å². The van der Waals surface area contributed by atoms with Gasteiger partial charge in [0.1, 0.15) is 0 Å². The highest BCUT2D eigenvalue weighted by Gasteiger charge is 2.18. The highest BCUT2D eigenvalue weighted by atomic mass is 15.2. The summed E-state index contributed by atoms with van der Waals surface area (Å²) in [7, 11) is 2.23. The van der Waals surface area contributed by atoms with E-state index in [1.165, 1.54) is 36.9 Å². The van der Waals surface area contributed by atoms with E-state index in [9.17, 15) is 0 Å². The Balaban J connectivity index is 1.74. The molecule has 0 bridgehead atoms. The Kier molecular flexibility index (Phi) is 3.65. The molecule has 1 aromatic heterocycles. The quantitative estimate of drug-likeness (QED) is 0.913. The molecule has 1 N–H and O–H groups in total. The maximum atomic E-state index is 4.40. The van der Waals surface area contributed by atoms with E-state index < -0.39 is 0 Å². The minimum Gasteiger partial charge on any atom is -0.383 e. The molecule has 0 radical (unpaired) electrons. The lowest BCUT2D eigenvalue weighted by Crippen LogP contribution is -2.40. The van der Waals surface area contributed by atoms with Crippen LogP contribution in [0.4, 0.5) is 5.69 Å². The molecule has 19 heavy (non-hydrogen) atoms. The first kappa shape index (κ1) is 12.4. The molecular weight excluding hydrogens is 234 g/mol. The van der Waals surface area contributed by atoms with Crippen molar-refractivity contribution in [2.24, 2.45) is 0 Å². The molecule has 3 rings (SSSR count). The molecule has 1 atom stereocenters. The van der Waals surface area contributed by atoms with Gasteiger partial charge in [-0.05, 0) is 38.6 Å². The van der Waals surface area contributed by atoms with Gasteiger partial charge < -0.3 is 10.2 Å². The van der Waals surface area contributed by atoms with Gasteiger partial charge in [0.05, 0.1) is 5.52 Å². The highest BCUT2D eigenvalue weighted by molar-refractivity contribution is 5.90. The summed E-state index contributed by atoms with van der Waals surface area (Å²) in [5.74, 6) is 0. The first-order chi connectivity index (χ1) is 9.34. The van der Waals surface area contributed by atoms with E-state index in [0.717, 1.165) is 12.1 Å². The van der Waals surface area contributed by atoms with E-state index in [1.54, 1.807) is 0 Å². The van der Waals surface area contributed by atoms with Crippen molar-refractivity contribution in [3.05, 3.63) is 36.5 Å². The molecule has 2 heterocycles. The second-order valence-electron chi connectivity index (χ2n) is 5.39. The molecule has 0 amide bonds. The van der Waals surface area contributed by atoms with Crippen LogP contribution < -0.4 is 5.32 Å². The predicted molar refractivity (Wildman–Crippen MR) is 80.5 cm³/mol. The molecule has 0 saturated carbocycles. The van der Waals surface area contributed by atoms with Crippen LogP contribution in [0.15, 0.2) is 36.5 Å². The Morgan fingerprint density at radius 2 is 2.16 bits per heavy atom. The van der Waals surface area contributed by atoms with Crippen LogP contribution in [0.5, 0.6) is 0 Å². The molecule has 3 heteroatoms. The van der Waals surface area contributed by atoms with Gasteiger partial charge in [0.25, 0.3) is 0 Å². The average Bonchev–Trinajstić information content (AvgIpc) is 2.46. The highest BCUT2D eigenvalue weighted by Crippen LogP contribution is 2.22. The van der Waals surface area contributed by atoms with Crippen molar-refractivity contribution >= 4 is 16.6 Å². The van der Waals surface area contributed by atoms with Crippen LogP contribution >= 0.6 is 0 Å². The van der Waals surface area contributed by atoms with Crippen LogP contribution in [0.1, 0.15) is 19.3 Å².